The van der Waals surface area contributed by atoms with Gasteiger partial charge in [-0.3, -0.25) is 0 Å². The lowest BCUT2D eigenvalue weighted by molar-refractivity contribution is 0.0697. The van der Waals surface area contributed by atoms with Gasteiger partial charge in [0.15, 0.2) is 0 Å². The Labute approximate surface area is 154 Å². The van der Waals surface area contributed by atoms with Gasteiger partial charge < -0.3 is 5.11 Å². The van der Waals surface area contributed by atoms with Gasteiger partial charge in [0, 0.05) is 0 Å². The summed E-state index contributed by atoms with van der Waals surface area (Å²) in [6.07, 6.45) is 17.9. The summed E-state index contributed by atoms with van der Waals surface area (Å²) < 4.78 is 0. The van der Waals surface area contributed by atoms with Gasteiger partial charge in [-0.15, -0.1) is 0 Å². The molecular weight excluding hydrogens is 308 g/mol. The third kappa shape index (κ3) is 7.63. The average molecular weight is 345 g/mol. The smallest absolute Gasteiger partial charge is 0.335 e. The van der Waals surface area contributed by atoms with Crippen molar-refractivity contribution in [3.63, 3.8) is 0 Å². The minimum Gasteiger partial charge on any atom is -0.478 e. The molecule has 0 radical (unpaired) electrons. The van der Waals surface area contributed by atoms with Crippen LogP contribution < -0.4 is 0 Å². The van der Waals surface area contributed by atoms with Crippen LogP contribution in [0.25, 0.3) is 0 Å². The van der Waals surface area contributed by atoms with E-state index in [1.165, 1.54) is 82.6 Å². The highest BCUT2D eigenvalue weighted by atomic mass is 16.4. The topological polar surface area (TPSA) is 37.3 Å². The van der Waals surface area contributed by atoms with Crippen molar-refractivity contribution in [1.29, 1.82) is 0 Å². The number of aryl methyl sites for hydroxylation is 1. The van der Waals surface area contributed by atoms with E-state index in [-0.39, 0.29) is 0 Å². The third-order valence-corrected chi connectivity index (χ3v) is 5.97. The molecule has 0 bridgehead atoms. The van der Waals surface area contributed by atoms with Crippen LogP contribution in [0.2, 0.25) is 0 Å². The van der Waals surface area contributed by atoms with Crippen molar-refractivity contribution in [2.45, 2.75) is 90.4 Å². The van der Waals surface area contributed by atoms with Gasteiger partial charge in [0.1, 0.15) is 0 Å². The number of hydrogen-bond donors (Lipinski definition) is 1. The van der Waals surface area contributed by atoms with Crippen molar-refractivity contribution >= 4 is 5.97 Å². The maximum Gasteiger partial charge on any atom is 0.335 e. The second kappa shape index (κ2) is 11.3. The first-order chi connectivity index (χ1) is 12.2. The van der Waals surface area contributed by atoms with Gasteiger partial charge in [0.25, 0.3) is 0 Å². The summed E-state index contributed by atoms with van der Waals surface area (Å²) in [5, 5.41) is 8.95. The second-order valence-corrected chi connectivity index (χ2v) is 7.98. The van der Waals surface area contributed by atoms with Crippen LogP contribution in [0.1, 0.15) is 99.9 Å². The van der Waals surface area contributed by atoms with Gasteiger partial charge in [-0.25, -0.2) is 4.79 Å². The highest BCUT2D eigenvalue weighted by Gasteiger charge is 2.20. The molecule has 1 saturated carbocycles. The summed E-state index contributed by atoms with van der Waals surface area (Å²) in [5.74, 6) is 1.02. The van der Waals surface area contributed by atoms with Crippen LogP contribution in [0.5, 0.6) is 0 Å². The van der Waals surface area contributed by atoms with Gasteiger partial charge in [0.05, 0.1) is 5.56 Å². The fraction of sp³-hybridized carbons (Fsp3) is 0.696. The van der Waals surface area contributed by atoms with Crippen LogP contribution in [-0.4, -0.2) is 11.1 Å². The highest BCUT2D eigenvalue weighted by molar-refractivity contribution is 5.87. The molecule has 2 rings (SSSR count). The minimum atomic E-state index is -0.838. The van der Waals surface area contributed by atoms with Crippen molar-refractivity contribution in [1.82, 2.24) is 0 Å². The molecule has 0 atom stereocenters. The average Bonchev–Trinajstić information content (AvgIpc) is 2.64. The number of carboxylic acid groups (broad SMARTS) is 1. The van der Waals surface area contributed by atoms with E-state index in [4.69, 9.17) is 5.11 Å². The Balaban J connectivity index is 1.56. The van der Waals surface area contributed by atoms with E-state index in [0.717, 1.165) is 18.3 Å². The van der Waals surface area contributed by atoms with Crippen LogP contribution >= 0.6 is 0 Å². The number of unbranched alkanes of at least 4 members (excludes halogenated alkanes) is 5. The summed E-state index contributed by atoms with van der Waals surface area (Å²) >= 11 is 0. The summed E-state index contributed by atoms with van der Waals surface area (Å²) in [5.41, 5.74) is 1.66. The standard InChI is InChI=1S/C23H36O2/c1-2-3-4-5-6-7-8-19-9-11-20(12-10-19)13-14-21-15-17-22(18-16-21)23(24)25/h15-20H,2-14H2,1H3,(H,24,25). The number of carbonyl (C=O) groups is 1. The SMILES string of the molecule is CCCCCCCCC1CCC(CCc2ccc(C(=O)O)cc2)CC1. The number of carboxylic acids is 1. The van der Waals surface area contributed by atoms with E-state index in [1.54, 1.807) is 12.1 Å². The molecule has 0 amide bonds. The molecule has 0 spiro atoms. The van der Waals surface area contributed by atoms with Crippen molar-refractivity contribution < 1.29 is 9.90 Å². The molecule has 1 N–H and O–H groups in total. The molecule has 1 aliphatic carbocycles. The molecule has 0 unspecified atom stereocenters. The normalized spacial score (nSPS) is 20.5. The first-order valence-corrected chi connectivity index (χ1v) is 10.5. The lowest BCUT2D eigenvalue weighted by Gasteiger charge is -2.28. The minimum absolute atomic E-state index is 0.388. The van der Waals surface area contributed by atoms with E-state index in [9.17, 15) is 4.79 Å². The Bertz CT molecular complexity index is 483. The number of benzene rings is 1. The molecular formula is C23H36O2. The quantitative estimate of drug-likeness (QED) is 0.444. The van der Waals surface area contributed by atoms with E-state index in [2.05, 4.69) is 6.92 Å². The van der Waals surface area contributed by atoms with Crippen LogP contribution in [0.4, 0.5) is 0 Å². The first kappa shape index (κ1) is 20.0. The molecule has 1 aromatic carbocycles. The molecule has 0 heterocycles. The molecule has 140 valence electrons. The first-order valence-electron chi connectivity index (χ1n) is 10.5. The zero-order valence-electron chi connectivity index (χ0n) is 16.0. The molecule has 0 aromatic heterocycles. The summed E-state index contributed by atoms with van der Waals surface area (Å²) in [4.78, 5) is 10.9. The Morgan fingerprint density at radius 3 is 2.04 bits per heavy atom. The maximum atomic E-state index is 10.9. The third-order valence-electron chi connectivity index (χ3n) is 5.97. The van der Waals surface area contributed by atoms with Crippen LogP contribution in [0.3, 0.4) is 0 Å². The molecule has 25 heavy (non-hydrogen) atoms. The maximum absolute atomic E-state index is 10.9. The van der Waals surface area contributed by atoms with Crippen molar-refractivity contribution in [3.8, 4) is 0 Å². The predicted molar refractivity (Wildman–Crippen MR) is 105 cm³/mol. The Hall–Kier alpha value is -1.31. The van der Waals surface area contributed by atoms with Crippen LogP contribution in [-0.2, 0) is 6.42 Å². The van der Waals surface area contributed by atoms with Gasteiger partial charge in [-0.05, 0) is 42.4 Å². The molecule has 2 heteroatoms. The van der Waals surface area contributed by atoms with E-state index >= 15 is 0 Å². The predicted octanol–water partition coefficient (Wildman–Crippen LogP) is 6.87. The number of aromatic carboxylic acids is 1. The largest absolute Gasteiger partial charge is 0.478 e. The Morgan fingerprint density at radius 2 is 1.44 bits per heavy atom. The molecule has 0 aliphatic heterocycles. The van der Waals surface area contributed by atoms with Gasteiger partial charge in [-0.2, -0.15) is 0 Å². The van der Waals surface area contributed by atoms with Crippen molar-refractivity contribution in [2.75, 3.05) is 0 Å². The molecule has 2 nitrogen and oxygen atoms in total. The number of rotatable bonds is 11. The zero-order chi connectivity index (χ0) is 17.9. The fourth-order valence-corrected chi connectivity index (χ4v) is 4.21. The monoisotopic (exact) mass is 344 g/mol. The summed E-state index contributed by atoms with van der Waals surface area (Å²) in [6, 6.07) is 7.42. The Morgan fingerprint density at radius 1 is 0.880 bits per heavy atom. The van der Waals surface area contributed by atoms with Gasteiger partial charge >= 0.3 is 5.97 Å². The Kier molecular flexibility index (Phi) is 9.07. The fourth-order valence-electron chi connectivity index (χ4n) is 4.21. The lowest BCUT2D eigenvalue weighted by atomic mass is 9.77. The molecule has 1 aromatic rings. The lowest BCUT2D eigenvalue weighted by Crippen LogP contribution is -2.15. The van der Waals surface area contributed by atoms with E-state index in [0.29, 0.717) is 5.56 Å². The summed E-state index contributed by atoms with van der Waals surface area (Å²) in [6.45, 7) is 2.28. The van der Waals surface area contributed by atoms with Crippen molar-refractivity contribution in [2.24, 2.45) is 11.8 Å². The molecule has 0 saturated heterocycles. The highest BCUT2D eigenvalue weighted by Crippen LogP contribution is 2.34. The second-order valence-electron chi connectivity index (χ2n) is 7.98. The zero-order valence-corrected chi connectivity index (χ0v) is 16.0. The molecule has 1 aliphatic rings. The van der Waals surface area contributed by atoms with Crippen molar-refractivity contribution in [3.05, 3.63) is 35.4 Å². The number of hydrogen-bond acceptors (Lipinski definition) is 1. The molecule has 1 fully saturated rings. The van der Waals surface area contributed by atoms with Crippen LogP contribution in [0, 0.1) is 11.8 Å². The van der Waals surface area contributed by atoms with Crippen LogP contribution in [0.15, 0.2) is 24.3 Å². The van der Waals surface area contributed by atoms with Gasteiger partial charge in [-0.1, -0.05) is 89.7 Å². The van der Waals surface area contributed by atoms with Gasteiger partial charge in [0.2, 0.25) is 0 Å². The van der Waals surface area contributed by atoms with E-state index in [1.807, 2.05) is 12.1 Å². The summed E-state index contributed by atoms with van der Waals surface area (Å²) in [7, 11) is 0. The van der Waals surface area contributed by atoms with E-state index < -0.39 is 5.97 Å².